The Morgan fingerprint density at radius 1 is 0.900 bits per heavy atom. The van der Waals surface area contributed by atoms with E-state index in [9.17, 15) is 9.59 Å². The highest BCUT2D eigenvalue weighted by Gasteiger charge is 2.32. The number of aromatic amines is 1. The van der Waals surface area contributed by atoms with Crippen LogP contribution < -0.4 is 0 Å². The van der Waals surface area contributed by atoms with E-state index in [0.717, 1.165) is 21.8 Å². The summed E-state index contributed by atoms with van der Waals surface area (Å²) in [4.78, 5) is 33.6. The lowest BCUT2D eigenvalue weighted by Crippen LogP contribution is -2.11. The van der Waals surface area contributed by atoms with Crippen molar-refractivity contribution in [2.45, 2.75) is 0 Å². The first-order valence-electron chi connectivity index (χ1n) is 9.31. The lowest BCUT2D eigenvalue weighted by atomic mass is 10.1. The molecule has 7 heteroatoms. The second kappa shape index (κ2) is 6.73. The van der Waals surface area contributed by atoms with Crippen LogP contribution in [0.5, 0.6) is 0 Å². The first-order chi connectivity index (χ1) is 14.6. The minimum absolute atomic E-state index is 0.111. The summed E-state index contributed by atoms with van der Waals surface area (Å²) in [5.74, 6) is -0.803. The van der Waals surface area contributed by atoms with Gasteiger partial charge in [-0.2, -0.15) is 0 Å². The van der Waals surface area contributed by atoms with Gasteiger partial charge in [0.15, 0.2) is 5.82 Å². The third-order valence-corrected chi connectivity index (χ3v) is 5.22. The first kappa shape index (κ1) is 17.9. The number of benzene rings is 2. The molecule has 0 aliphatic heterocycles. The number of esters is 2. The molecule has 5 aromatic rings. The SMILES string of the molecule is COC(=O)c1c(C(=O)OC)c2c3ccccc3ccn2c1-c1nc2ccccc2[nH]1. The van der Waals surface area contributed by atoms with E-state index >= 15 is 0 Å². The van der Waals surface area contributed by atoms with Crippen LogP contribution in [0, 0.1) is 0 Å². The molecule has 0 atom stereocenters. The van der Waals surface area contributed by atoms with Crippen molar-refractivity contribution < 1.29 is 19.1 Å². The van der Waals surface area contributed by atoms with E-state index in [2.05, 4.69) is 9.97 Å². The smallest absolute Gasteiger partial charge is 0.341 e. The zero-order valence-corrected chi connectivity index (χ0v) is 16.3. The molecule has 3 aromatic heterocycles. The van der Waals surface area contributed by atoms with Gasteiger partial charge >= 0.3 is 11.9 Å². The van der Waals surface area contributed by atoms with Crippen molar-refractivity contribution in [3.05, 3.63) is 71.9 Å². The molecule has 0 spiro atoms. The van der Waals surface area contributed by atoms with Gasteiger partial charge in [0.1, 0.15) is 16.8 Å². The first-order valence-corrected chi connectivity index (χ1v) is 9.31. The van der Waals surface area contributed by atoms with E-state index in [0.29, 0.717) is 17.0 Å². The van der Waals surface area contributed by atoms with Crippen molar-refractivity contribution in [2.75, 3.05) is 14.2 Å². The third-order valence-electron chi connectivity index (χ3n) is 5.22. The van der Waals surface area contributed by atoms with Crippen LogP contribution in [0.4, 0.5) is 0 Å². The molecule has 0 fully saturated rings. The molecular formula is C23H17N3O4. The van der Waals surface area contributed by atoms with Gasteiger partial charge in [-0.15, -0.1) is 0 Å². The fourth-order valence-electron chi connectivity index (χ4n) is 3.91. The van der Waals surface area contributed by atoms with Gasteiger partial charge in [0, 0.05) is 11.6 Å². The van der Waals surface area contributed by atoms with Crippen LogP contribution in [-0.4, -0.2) is 40.5 Å². The van der Waals surface area contributed by atoms with E-state index in [-0.39, 0.29) is 11.1 Å². The van der Waals surface area contributed by atoms with Gasteiger partial charge in [-0.25, -0.2) is 14.6 Å². The number of nitrogens with zero attached hydrogens (tertiary/aromatic N) is 2. The topological polar surface area (TPSA) is 85.7 Å². The van der Waals surface area contributed by atoms with E-state index in [1.165, 1.54) is 14.2 Å². The highest BCUT2D eigenvalue weighted by molar-refractivity contribution is 6.17. The Morgan fingerprint density at radius 3 is 2.37 bits per heavy atom. The molecular weight excluding hydrogens is 382 g/mol. The number of ether oxygens (including phenoxy) is 2. The Hall–Kier alpha value is -4.13. The van der Waals surface area contributed by atoms with Crippen LogP contribution in [0.3, 0.4) is 0 Å². The van der Waals surface area contributed by atoms with Crippen LogP contribution in [0.25, 0.3) is 38.8 Å². The van der Waals surface area contributed by atoms with Crippen LogP contribution >= 0.6 is 0 Å². The van der Waals surface area contributed by atoms with E-state index in [1.807, 2.05) is 60.8 Å². The summed E-state index contributed by atoms with van der Waals surface area (Å²) in [6.45, 7) is 0. The molecule has 0 bridgehead atoms. The summed E-state index contributed by atoms with van der Waals surface area (Å²) < 4.78 is 11.9. The Kier molecular flexibility index (Phi) is 4.03. The Morgan fingerprint density at radius 2 is 1.60 bits per heavy atom. The van der Waals surface area contributed by atoms with Crippen LogP contribution in [-0.2, 0) is 9.47 Å². The molecule has 0 saturated heterocycles. The summed E-state index contributed by atoms with van der Waals surface area (Å²) in [5.41, 5.74) is 2.84. The van der Waals surface area contributed by atoms with Crippen LogP contribution in [0.2, 0.25) is 0 Å². The second-order valence-corrected chi connectivity index (χ2v) is 6.81. The van der Waals surface area contributed by atoms with Gasteiger partial charge in [0.05, 0.1) is 30.8 Å². The number of hydrogen-bond donors (Lipinski definition) is 1. The number of imidazole rings is 1. The lowest BCUT2D eigenvalue weighted by Gasteiger charge is -2.05. The monoisotopic (exact) mass is 399 g/mol. The highest BCUT2D eigenvalue weighted by atomic mass is 16.5. The van der Waals surface area contributed by atoms with Crippen molar-refractivity contribution >= 4 is 39.3 Å². The maximum atomic E-state index is 12.9. The number of nitrogens with one attached hydrogen (secondary N) is 1. The molecule has 2 aromatic carbocycles. The van der Waals surface area contributed by atoms with Gasteiger partial charge in [-0.1, -0.05) is 36.4 Å². The van der Waals surface area contributed by atoms with Gasteiger partial charge in [-0.3, -0.25) is 0 Å². The number of pyridine rings is 1. The van der Waals surface area contributed by atoms with Gasteiger partial charge in [0.25, 0.3) is 0 Å². The molecule has 0 unspecified atom stereocenters. The van der Waals surface area contributed by atoms with Crippen molar-refractivity contribution in [3.63, 3.8) is 0 Å². The molecule has 0 saturated carbocycles. The summed E-state index contributed by atoms with van der Waals surface area (Å²) in [6.07, 6.45) is 1.82. The average Bonchev–Trinajstić information content (AvgIpc) is 3.36. The molecule has 0 radical (unpaired) electrons. The lowest BCUT2D eigenvalue weighted by molar-refractivity contribution is 0.0558. The Balaban J connectivity index is 2.00. The molecule has 0 amide bonds. The quantitative estimate of drug-likeness (QED) is 0.460. The van der Waals surface area contributed by atoms with Crippen LogP contribution in [0.15, 0.2) is 60.8 Å². The number of carbonyl (C=O) groups excluding carboxylic acids is 2. The number of fused-ring (bicyclic) bond motifs is 4. The predicted molar refractivity (Wildman–Crippen MR) is 113 cm³/mol. The predicted octanol–water partition coefficient (Wildman–Crippen LogP) is 4.21. The molecule has 30 heavy (non-hydrogen) atoms. The van der Waals surface area contributed by atoms with Crippen molar-refractivity contribution in [3.8, 4) is 11.5 Å². The Labute approximate surface area is 170 Å². The number of para-hydroxylation sites is 2. The highest BCUT2D eigenvalue weighted by Crippen LogP contribution is 2.36. The Bertz CT molecular complexity index is 1430. The van der Waals surface area contributed by atoms with Gasteiger partial charge in [-0.05, 0) is 23.6 Å². The molecule has 148 valence electrons. The largest absolute Gasteiger partial charge is 0.465 e. The molecule has 0 aliphatic carbocycles. The summed E-state index contributed by atoms with van der Waals surface area (Å²) in [5, 5.41) is 1.74. The average molecular weight is 399 g/mol. The van der Waals surface area contributed by atoms with Crippen molar-refractivity contribution in [2.24, 2.45) is 0 Å². The fourth-order valence-corrected chi connectivity index (χ4v) is 3.91. The van der Waals surface area contributed by atoms with E-state index in [4.69, 9.17) is 9.47 Å². The fraction of sp³-hybridized carbons (Fsp3) is 0.0870. The zero-order valence-electron chi connectivity index (χ0n) is 16.3. The third kappa shape index (κ3) is 2.49. The summed E-state index contributed by atoms with van der Waals surface area (Å²) in [6, 6.07) is 17.1. The van der Waals surface area contributed by atoms with Gasteiger partial charge in [0.2, 0.25) is 0 Å². The molecule has 1 N–H and O–H groups in total. The normalized spacial score (nSPS) is 11.3. The van der Waals surface area contributed by atoms with Crippen LogP contribution in [0.1, 0.15) is 20.7 Å². The van der Waals surface area contributed by atoms with Gasteiger partial charge < -0.3 is 18.9 Å². The number of methoxy groups -OCH3 is 2. The number of carbonyl (C=O) groups is 2. The van der Waals surface area contributed by atoms with E-state index < -0.39 is 11.9 Å². The minimum atomic E-state index is -0.640. The second-order valence-electron chi connectivity index (χ2n) is 6.81. The number of rotatable bonds is 3. The maximum Gasteiger partial charge on any atom is 0.341 e. The zero-order chi connectivity index (χ0) is 20.8. The number of aromatic nitrogens is 3. The molecule has 3 heterocycles. The minimum Gasteiger partial charge on any atom is -0.465 e. The standard InChI is InChI=1S/C23H17N3O4/c1-29-22(27)17-18(23(28)30-2)20(21-24-15-9-5-6-10-16(15)25-21)26-12-11-13-7-3-4-8-14(13)19(17)26/h3-12H,1-2H3,(H,24,25). The molecule has 0 aliphatic rings. The number of H-pyrrole nitrogens is 1. The maximum absolute atomic E-state index is 12.9. The van der Waals surface area contributed by atoms with E-state index in [1.54, 1.807) is 4.40 Å². The van der Waals surface area contributed by atoms with Crippen molar-refractivity contribution in [1.29, 1.82) is 0 Å². The molecule has 7 nitrogen and oxygen atoms in total. The summed E-state index contributed by atoms with van der Waals surface area (Å²) >= 11 is 0. The number of hydrogen-bond acceptors (Lipinski definition) is 5. The molecule has 5 rings (SSSR count). The summed E-state index contributed by atoms with van der Waals surface area (Å²) in [7, 11) is 2.57. The van der Waals surface area contributed by atoms with Crippen molar-refractivity contribution in [1.82, 2.24) is 14.4 Å².